The first-order valence-electron chi connectivity index (χ1n) is 19.5. The third kappa shape index (κ3) is 15.7. The number of nitrogens with one attached hydrogen (secondary N) is 1. The Morgan fingerprint density at radius 2 is 1.02 bits per heavy atom. The summed E-state index contributed by atoms with van der Waals surface area (Å²) >= 11 is 0. The third-order valence-corrected chi connectivity index (χ3v) is 11.7. The minimum absolute atomic E-state index is 0.333. The van der Waals surface area contributed by atoms with Gasteiger partial charge in [-0.2, -0.15) is 0 Å². The predicted molar refractivity (Wildman–Crippen MR) is 179 cm³/mol. The van der Waals surface area contributed by atoms with E-state index in [1.54, 1.807) is 0 Å². The number of amides is 1. The van der Waals surface area contributed by atoms with Gasteiger partial charge in [-0.05, 0) is 68.1 Å². The first kappa shape index (κ1) is 35.0. The number of carbonyl (C=O) groups is 1. The molecule has 0 aromatic rings. The Kier molecular flexibility index (Phi) is 19.6. The van der Waals surface area contributed by atoms with E-state index in [9.17, 15) is 4.79 Å². The maximum atomic E-state index is 12.9. The molecule has 3 rings (SSSR count). The number of hydrogen-bond donors (Lipinski definition) is 1. The molecule has 0 aliphatic heterocycles. The van der Waals surface area contributed by atoms with E-state index in [1.807, 2.05) is 0 Å². The van der Waals surface area contributed by atoms with Crippen LogP contribution >= 0.6 is 0 Å². The molecule has 0 bridgehead atoms. The second-order valence-corrected chi connectivity index (χ2v) is 15.1. The lowest BCUT2D eigenvalue weighted by Crippen LogP contribution is -2.29. The van der Waals surface area contributed by atoms with E-state index >= 15 is 0 Å². The van der Waals surface area contributed by atoms with Gasteiger partial charge in [0.2, 0.25) is 5.91 Å². The molecule has 0 spiro atoms. The van der Waals surface area contributed by atoms with Crippen molar-refractivity contribution in [1.82, 2.24) is 5.32 Å². The van der Waals surface area contributed by atoms with E-state index in [0.717, 1.165) is 43.1 Å². The van der Waals surface area contributed by atoms with E-state index in [1.165, 1.54) is 186 Å². The Bertz CT molecular complexity index is 609. The first-order chi connectivity index (χ1) is 20.3. The first-order valence-corrected chi connectivity index (χ1v) is 19.5. The number of hydrogen-bond acceptors (Lipinski definition) is 1. The van der Waals surface area contributed by atoms with Crippen molar-refractivity contribution in [2.75, 3.05) is 6.54 Å². The van der Waals surface area contributed by atoms with Crippen molar-refractivity contribution < 1.29 is 4.79 Å². The van der Waals surface area contributed by atoms with Crippen LogP contribution in [0.4, 0.5) is 0 Å². The molecule has 3 aliphatic carbocycles. The zero-order valence-electron chi connectivity index (χ0n) is 27.9. The van der Waals surface area contributed by atoms with Gasteiger partial charge in [0.15, 0.2) is 0 Å². The van der Waals surface area contributed by atoms with Crippen LogP contribution in [0.3, 0.4) is 0 Å². The van der Waals surface area contributed by atoms with E-state index in [4.69, 9.17) is 0 Å². The molecule has 3 unspecified atom stereocenters. The van der Waals surface area contributed by atoms with E-state index in [2.05, 4.69) is 12.2 Å². The molecule has 240 valence electrons. The van der Waals surface area contributed by atoms with Crippen LogP contribution in [0, 0.1) is 29.6 Å². The summed E-state index contributed by atoms with van der Waals surface area (Å²) in [6.45, 7) is 3.32. The molecule has 3 aliphatic rings. The Morgan fingerprint density at radius 1 is 0.561 bits per heavy atom. The van der Waals surface area contributed by atoms with Crippen LogP contribution in [-0.4, -0.2) is 12.5 Å². The van der Waals surface area contributed by atoms with Crippen LogP contribution in [0.15, 0.2) is 0 Å². The van der Waals surface area contributed by atoms with Crippen LogP contribution < -0.4 is 5.32 Å². The summed E-state index contributed by atoms with van der Waals surface area (Å²) < 4.78 is 0. The summed E-state index contributed by atoms with van der Waals surface area (Å²) in [6, 6.07) is 0. The second kappa shape index (κ2) is 22.9. The van der Waals surface area contributed by atoms with Crippen LogP contribution in [-0.2, 0) is 4.79 Å². The van der Waals surface area contributed by atoms with Gasteiger partial charge in [0.1, 0.15) is 0 Å². The van der Waals surface area contributed by atoms with Gasteiger partial charge in [0.25, 0.3) is 0 Å². The summed E-state index contributed by atoms with van der Waals surface area (Å²) in [5, 5.41) is 3.39. The Labute approximate surface area is 257 Å². The summed E-state index contributed by atoms with van der Waals surface area (Å²) in [5.74, 6) is 4.80. The molecule has 41 heavy (non-hydrogen) atoms. The molecule has 0 radical (unpaired) electrons. The maximum Gasteiger partial charge on any atom is 0.220 e. The zero-order chi connectivity index (χ0) is 28.8. The van der Waals surface area contributed by atoms with Crippen molar-refractivity contribution in [3.05, 3.63) is 0 Å². The maximum absolute atomic E-state index is 12.9. The van der Waals surface area contributed by atoms with Crippen molar-refractivity contribution >= 4 is 5.91 Å². The van der Waals surface area contributed by atoms with Crippen molar-refractivity contribution in [1.29, 1.82) is 0 Å². The fraction of sp³-hybridized carbons (Fsp3) is 0.974. The highest BCUT2D eigenvalue weighted by Gasteiger charge is 2.27. The molecule has 1 amide bonds. The third-order valence-electron chi connectivity index (χ3n) is 11.7. The molecule has 3 saturated carbocycles. The summed E-state index contributed by atoms with van der Waals surface area (Å²) in [6.07, 6.45) is 43.4. The smallest absolute Gasteiger partial charge is 0.220 e. The topological polar surface area (TPSA) is 29.1 Å². The van der Waals surface area contributed by atoms with E-state index < -0.39 is 0 Å². The molecule has 0 aromatic heterocycles. The monoisotopic (exact) mass is 572 g/mol. The van der Waals surface area contributed by atoms with E-state index in [0.29, 0.717) is 11.8 Å². The number of carbonyl (C=O) groups excluding carboxylic acids is 1. The zero-order valence-corrected chi connectivity index (χ0v) is 27.9. The quantitative estimate of drug-likeness (QED) is 0.277. The normalized spacial score (nSPS) is 27.0. The molecular formula is C39H73NO. The summed E-state index contributed by atoms with van der Waals surface area (Å²) in [4.78, 5) is 12.9. The molecule has 1 N–H and O–H groups in total. The van der Waals surface area contributed by atoms with Crippen LogP contribution in [0.2, 0.25) is 0 Å². The van der Waals surface area contributed by atoms with Crippen molar-refractivity contribution in [3.8, 4) is 0 Å². The highest BCUT2D eigenvalue weighted by atomic mass is 16.1. The SMILES string of the molecule is CCCC(CCCC(=O)NCC1CCCCCCCCCC1)C1CCCCCC(C2CCCCCCCCC2)CC1. The van der Waals surface area contributed by atoms with Crippen molar-refractivity contribution in [2.45, 2.75) is 206 Å². The highest BCUT2D eigenvalue weighted by molar-refractivity contribution is 5.75. The van der Waals surface area contributed by atoms with Crippen LogP contribution in [0.5, 0.6) is 0 Å². The average molecular weight is 572 g/mol. The van der Waals surface area contributed by atoms with Gasteiger partial charge in [-0.3, -0.25) is 4.79 Å². The molecule has 2 heteroatoms. The molecular weight excluding hydrogens is 498 g/mol. The lowest BCUT2D eigenvalue weighted by atomic mass is 9.74. The summed E-state index contributed by atoms with van der Waals surface area (Å²) in [5.41, 5.74) is 0. The van der Waals surface area contributed by atoms with Crippen molar-refractivity contribution in [3.63, 3.8) is 0 Å². The lowest BCUT2D eigenvalue weighted by molar-refractivity contribution is -0.121. The second-order valence-electron chi connectivity index (χ2n) is 15.1. The Hall–Kier alpha value is -0.530. The average Bonchev–Trinajstić information content (AvgIpc) is 3.06. The summed E-state index contributed by atoms with van der Waals surface area (Å²) in [7, 11) is 0. The molecule has 0 heterocycles. The van der Waals surface area contributed by atoms with Crippen LogP contribution in [0.1, 0.15) is 206 Å². The molecule has 0 saturated heterocycles. The number of rotatable bonds is 10. The van der Waals surface area contributed by atoms with E-state index in [-0.39, 0.29) is 0 Å². The lowest BCUT2D eigenvalue weighted by Gasteiger charge is -2.31. The van der Waals surface area contributed by atoms with Crippen LogP contribution in [0.25, 0.3) is 0 Å². The van der Waals surface area contributed by atoms with Gasteiger partial charge in [0.05, 0.1) is 0 Å². The predicted octanol–water partition coefficient (Wildman–Crippen LogP) is 12.3. The molecule has 2 nitrogen and oxygen atoms in total. The fourth-order valence-electron chi connectivity index (χ4n) is 9.10. The minimum atomic E-state index is 0.333. The van der Waals surface area contributed by atoms with Gasteiger partial charge in [-0.1, -0.05) is 161 Å². The van der Waals surface area contributed by atoms with Gasteiger partial charge < -0.3 is 5.32 Å². The van der Waals surface area contributed by atoms with Gasteiger partial charge in [-0.15, -0.1) is 0 Å². The van der Waals surface area contributed by atoms with Crippen molar-refractivity contribution in [2.24, 2.45) is 29.6 Å². The Balaban J connectivity index is 1.43. The van der Waals surface area contributed by atoms with Gasteiger partial charge in [0, 0.05) is 13.0 Å². The molecule has 3 fully saturated rings. The molecule has 3 atom stereocenters. The molecule has 0 aromatic carbocycles. The standard InChI is InChI=1S/C39H73NO/c1-2-22-35(29-21-30-39(41)40-33-34-23-15-10-6-3-4-7-11-16-24-34)37-27-19-14-20-28-38(32-31-37)36-25-17-12-8-5-9-13-18-26-36/h34-38H,2-33H2,1H3,(H,40,41). The Morgan fingerprint density at radius 3 is 1.59 bits per heavy atom. The largest absolute Gasteiger partial charge is 0.356 e. The highest BCUT2D eigenvalue weighted by Crippen LogP contribution is 2.39. The fourth-order valence-corrected chi connectivity index (χ4v) is 9.10. The van der Waals surface area contributed by atoms with Gasteiger partial charge in [-0.25, -0.2) is 0 Å². The van der Waals surface area contributed by atoms with Gasteiger partial charge >= 0.3 is 0 Å². The minimum Gasteiger partial charge on any atom is -0.356 e.